The number of hydrogen-bond donors (Lipinski definition) is 1. The zero-order valence-corrected chi connectivity index (χ0v) is 20.4. The van der Waals surface area contributed by atoms with E-state index >= 15 is 0 Å². The normalized spacial score (nSPS) is 12.0. The summed E-state index contributed by atoms with van der Waals surface area (Å²) in [5, 5.41) is 6.52. The molecule has 4 rings (SSSR count). The van der Waals surface area contributed by atoms with Gasteiger partial charge in [-0.3, -0.25) is 9.59 Å². The maximum atomic E-state index is 13.1. The van der Waals surface area contributed by atoms with Gasteiger partial charge in [0.2, 0.25) is 5.91 Å². The van der Waals surface area contributed by atoms with Crippen LogP contribution in [-0.2, 0) is 11.2 Å². The molecular formula is C26H25N3O2S2. The number of ketones is 1. The van der Waals surface area contributed by atoms with Crippen LogP contribution in [0.1, 0.15) is 43.1 Å². The van der Waals surface area contributed by atoms with Crippen LogP contribution in [0.5, 0.6) is 0 Å². The molecule has 0 aliphatic rings. The predicted octanol–water partition coefficient (Wildman–Crippen LogP) is 6.63. The van der Waals surface area contributed by atoms with Gasteiger partial charge in [0, 0.05) is 22.2 Å². The number of fused-ring (bicyclic) bond motifs is 1. The average molecular weight is 476 g/mol. The van der Waals surface area contributed by atoms with Crippen LogP contribution in [0.25, 0.3) is 21.3 Å². The van der Waals surface area contributed by atoms with Gasteiger partial charge in [-0.2, -0.15) is 0 Å². The summed E-state index contributed by atoms with van der Waals surface area (Å²) in [6.07, 6.45) is 3.20. The molecule has 0 aliphatic carbocycles. The Kier molecular flexibility index (Phi) is 7.20. The van der Waals surface area contributed by atoms with E-state index in [9.17, 15) is 9.59 Å². The third kappa shape index (κ3) is 5.15. The fourth-order valence-corrected chi connectivity index (χ4v) is 5.58. The molecule has 1 N–H and O–H groups in total. The average Bonchev–Trinajstić information content (AvgIpc) is 3.27. The van der Waals surface area contributed by atoms with Crippen molar-refractivity contribution in [3.05, 3.63) is 71.4 Å². The quantitative estimate of drug-likeness (QED) is 0.176. The molecule has 0 fully saturated rings. The van der Waals surface area contributed by atoms with Crippen molar-refractivity contribution in [3.8, 4) is 11.1 Å². The summed E-state index contributed by atoms with van der Waals surface area (Å²) in [5.74, 6) is -0.146. The lowest BCUT2D eigenvalue weighted by Crippen LogP contribution is -2.24. The van der Waals surface area contributed by atoms with Crippen molar-refractivity contribution in [1.82, 2.24) is 9.97 Å². The number of nitrogens with zero attached hydrogens (tertiary/aromatic N) is 2. The van der Waals surface area contributed by atoms with Gasteiger partial charge in [0.1, 0.15) is 16.2 Å². The number of amides is 1. The predicted molar refractivity (Wildman–Crippen MR) is 137 cm³/mol. The van der Waals surface area contributed by atoms with E-state index in [1.807, 2.05) is 6.92 Å². The van der Waals surface area contributed by atoms with Gasteiger partial charge in [-0.1, -0.05) is 62.0 Å². The number of thiophene rings is 1. The molecule has 2 heterocycles. The van der Waals surface area contributed by atoms with Crippen LogP contribution in [0.2, 0.25) is 0 Å². The summed E-state index contributed by atoms with van der Waals surface area (Å²) < 4.78 is 0. The summed E-state index contributed by atoms with van der Waals surface area (Å²) in [6.45, 7) is 5.64. The highest BCUT2D eigenvalue weighted by Crippen LogP contribution is 2.39. The third-order valence-electron chi connectivity index (χ3n) is 5.46. The van der Waals surface area contributed by atoms with Gasteiger partial charge in [-0.15, -0.1) is 11.3 Å². The fourth-order valence-electron chi connectivity index (χ4n) is 3.57. The van der Waals surface area contributed by atoms with Gasteiger partial charge < -0.3 is 5.32 Å². The number of Topliss-reactive ketones (excluding diaryl/α,β-unsaturated/α-hetero) is 1. The Morgan fingerprint density at radius 3 is 2.58 bits per heavy atom. The van der Waals surface area contributed by atoms with Crippen molar-refractivity contribution >= 4 is 50.7 Å². The molecule has 33 heavy (non-hydrogen) atoms. The van der Waals surface area contributed by atoms with Gasteiger partial charge in [-0.25, -0.2) is 9.97 Å². The number of hydrogen-bond acceptors (Lipinski definition) is 6. The molecule has 4 aromatic rings. The lowest BCUT2D eigenvalue weighted by molar-refractivity contribution is -0.115. The van der Waals surface area contributed by atoms with Crippen LogP contribution in [0.4, 0.5) is 5.69 Å². The third-order valence-corrected chi connectivity index (χ3v) is 7.71. The molecule has 0 saturated heterocycles. The van der Waals surface area contributed by atoms with Crippen molar-refractivity contribution in [1.29, 1.82) is 0 Å². The smallest absolute Gasteiger partial charge is 0.237 e. The highest BCUT2D eigenvalue weighted by molar-refractivity contribution is 8.00. The molecule has 0 bridgehead atoms. The first-order chi connectivity index (χ1) is 16.0. The molecule has 0 spiro atoms. The molecule has 0 radical (unpaired) electrons. The Balaban J connectivity index is 1.61. The standard InChI is InChI=1S/C26H25N3O2S2/c1-4-17-9-11-18(12-10-17)21-14-32-25-23(21)26(28-15-27-25)33-22(5-2)24(31)29-20-8-6-7-19(13-20)16(3)30/h6-15,22H,4-5H2,1-3H3,(H,29,31). The number of nitrogens with one attached hydrogen (secondary N) is 1. The Morgan fingerprint density at radius 1 is 1.09 bits per heavy atom. The van der Waals surface area contributed by atoms with Crippen molar-refractivity contribution < 1.29 is 9.59 Å². The topological polar surface area (TPSA) is 72.0 Å². The number of rotatable bonds is 8. The van der Waals surface area contributed by atoms with Crippen molar-refractivity contribution in [3.63, 3.8) is 0 Å². The number of anilines is 1. The van der Waals surface area contributed by atoms with Gasteiger partial charge >= 0.3 is 0 Å². The summed E-state index contributed by atoms with van der Waals surface area (Å²) in [4.78, 5) is 34.7. The number of carbonyl (C=O) groups is 2. The van der Waals surface area contributed by atoms with E-state index < -0.39 is 0 Å². The number of thioether (sulfide) groups is 1. The minimum Gasteiger partial charge on any atom is -0.325 e. The second-order valence-corrected chi connectivity index (χ2v) is 9.75. The molecule has 2 aromatic heterocycles. The van der Waals surface area contributed by atoms with Gasteiger partial charge in [0.15, 0.2) is 5.78 Å². The number of benzene rings is 2. The van der Waals surface area contributed by atoms with Crippen LogP contribution in [0, 0.1) is 0 Å². The van der Waals surface area contributed by atoms with Crippen molar-refractivity contribution in [2.75, 3.05) is 5.32 Å². The summed E-state index contributed by atoms with van der Waals surface area (Å²) in [6, 6.07) is 15.6. The van der Waals surface area contributed by atoms with Crippen LogP contribution >= 0.6 is 23.1 Å². The van der Waals surface area contributed by atoms with E-state index in [-0.39, 0.29) is 16.9 Å². The maximum absolute atomic E-state index is 13.1. The van der Waals surface area contributed by atoms with Gasteiger partial charge in [0.05, 0.1) is 10.6 Å². The van der Waals surface area contributed by atoms with E-state index in [4.69, 9.17) is 0 Å². The maximum Gasteiger partial charge on any atom is 0.237 e. The molecule has 2 aromatic carbocycles. The highest BCUT2D eigenvalue weighted by Gasteiger charge is 2.22. The Bertz CT molecular complexity index is 1300. The summed E-state index contributed by atoms with van der Waals surface area (Å²) in [7, 11) is 0. The lowest BCUT2D eigenvalue weighted by atomic mass is 10.0. The van der Waals surface area contributed by atoms with Gasteiger partial charge in [0.25, 0.3) is 0 Å². The first-order valence-corrected chi connectivity index (χ1v) is 12.7. The number of aromatic nitrogens is 2. The SMILES string of the molecule is CCc1ccc(-c2csc3ncnc(SC(CC)C(=O)Nc4cccc(C(C)=O)c4)c23)cc1. The molecular weight excluding hydrogens is 450 g/mol. The highest BCUT2D eigenvalue weighted by atomic mass is 32.2. The van der Waals surface area contributed by atoms with Crippen molar-refractivity contribution in [2.45, 2.75) is 43.9 Å². The fraction of sp³-hybridized carbons (Fsp3) is 0.231. The molecule has 5 nitrogen and oxygen atoms in total. The molecule has 0 aliphatic heterocycles. The lowest BCUT2D eigenvalue weighted by Gasteiger charge is -2.15. The van der Waals surface area contributed by atoms with E-state index in [2.05, 4.69) is 51.9 Å². The molecule has 1 unspecified atom stereocenters. The van der Waals surface area contributed by atoms with E-state index in [1.54, 1.807) is 41.9 Å². The molecule has 168 valence electrons. The Morgan fingerprint density at radius 2 is 1.88 bits per heavy atom. The molecule has 0 saturated carbocycles. The van der Waals surface area contributed by atoms with Crippen LogP contribution in [0.3, 0.4) is 0 Å². The van der Waals surface area contributed by atoms with E-state index in [1.165, 1.54) is 24.2 Å². The zero-order chi connectivity index (χ0) is 23.4. The Hall–Kier alpha value is -3.03. The minimum absolute atomic E-state index is 0.0344. The number of aryl methyl sites for hydroxylation is 1. The monoisotopic (exact) mass is 475 g/mol. The summed E-state index contributed by atoms with van der Waals surface area (Å²) >= 11 is 3.04. The largest absolute Gasteiger partial charge is 0.325 e. The van der Waals surface area contributed by atoms with E-state index in [0.717, 1.165) is 32.8 Å². The van der Waals surface area contributed by atoms with Crippen molar-refractivity contribution in [2.24, 2.45) is 0 Å². The minimum atomic E-state index is -0.334. The second-order valence-electron chi connectivity index (χ2n) is 7.70. The second kappa shape index (κ2) is 10.3. The first-order valence-electron chi connectivity index (χ1n) is 10.9. The van der Waals surface area contributed by atoms with Gasteiger partial charge in [-0.05, 0) is 43.0 Å². The van der Waals surface area contributed by atoms with Crippen LogP contribution < -0.4 is 5.32 Å². The van der Waals surface area contributed by atoms with Crippen LogP contribution in [0.15, 0.2) is 65.3 Å². The zero-order valence-electron chi connectivity index (χ0n) is 18.8. The Labute approximate surface area is 201 Å². The molecule has 7 heteroatoms. The molecule has 1 amide bonds. The summed E-state index contributed by atoms with van der Waals surface area (Å²) in [5.41, 5.74) is 4.69. The van der Waals surface area contributed by atoms with Crippen LogP contribution in [-0.4, -0.2) is 26.9 Å². The molecule has 1 atom stereocenters. The van der Waals surface area contributed by atoms with E-state index in [0.29, 0.717) is 17.7 Å². The first kappa shape index (κ1) is 23.1. The number of carbonyl (C=O) groups excluding carboxylic acids is 2.